The van der Waals surface area contributed by atoms with E-state index >= 15 is 0 Å². The Morgan fingerprint density at radius 3 is 2.48 bits per heavy atom. The third-order valence-corrected chi connectivity index (χ3v) is 7.14. The summed E-state index contributed by atoms with van der Waals surface area (Å²) in [5.74, 6) is -0.842. The predicted molar refractivity (Wildman–Crippen MR) is 95.2 cm³/mol. The van der Waals surface area contributed by atoms with Crippen LogP contribution < -0.4 is 4.72 Å². The summed E-state index contributed by atoms with van der Waals surface area (Å²) >= 11 is 0. The van der Waals surface area contributed by atoms with E-state index in [1.54, 1.807) is 6.20 Å². The van der Waals surface area contributed by atoms with Crippen LogP contribution in [-0.2, 0) is 23.6 Å². The zero-order chi connectivity index (χ0) is 19.2. The normalized spacial score (nSPS) is 25.8. The lowest BCUT2D eigenvalue weighted by Gasteiger charge is -2.38. The minimum Gasteiger partial charge on any atom is -0.337 e. The van der Waals surface area contributed by atoms with Crippen LogP contribution in [0.25, 0.3) is 0 Å². The van der Waals surface area contributed by atoms with Gasteiger partial charge in [-0.15, -0.1) is 0 Å². The number of sulfonamides is 1. The van der Waals surface area contributed by atoms with Crippen molar-refractivity contribution in [2.24, 2.45) is 18.9 Å². The summed E-state index contributed by atoms with van der Waals surface area (Å²) in [6, 6.07) is 2.49. The Morgan fingerprint density at radius 2 is 1.89 bits per heavy atom. The van der Waals surface area contributed by atoms with Gasteiger partial charge < -0.3 is 4.57 Å². The van der Waals surface area contributed by atoms with E-state index in [0.717, 1.165) is 56.5 Å². The van der Waals surface area contributed by atoms with Gasteiger partial charge in [0.25, 0.3) is 0 Å². The molecular weight excluding hydrogens is 374 g/mol. The Balaban J connectivity index is 1.46. The van der Waals surface area contributed by atoms with E-state index in [-0.39, 0.29) is 22.8 Å². The maximum absolute atomic E-state index is 13.4. The molecule has 146 valence electrons. The number of hydrogen-bond donors (Lipinski definition) is 1. The number of halogens is 2. The number of hydrogen-bond acceptors (Lipinski definition) is 4. The first kappa shape index (κ1) is 18.5. The Bertz CT molecular complexity index is 933. The van der Waals surface area contributed by atoms with Gasteiger partial charge in [-0.2, -0.15) is 0 Å². The number of piperidine rings is 1. The number of nitrogens with one attached hydrogen (secondary N) is 1. The van der Waals surface area contributed by atoms with Crippen LogP contribution in [-0.4, -0.2) is 42.0 Å². The molecule has 1 aliphatic heterocycles. The molecule has 0 radical (unpaired) electrons. The summed E-state index contributed by atoms with van der Waals surface area (Å²) in [5.41, 5.74) is 0. The molecule has 1 N–H and O–H groups in total. The van der Waals surface area contributed by atoms with E-state index in [9.17, 15) is 17.2 Å². The second-order valence-electron chi connectivity index (χ2n) is 7.47. The molecule has 9 heteroatoms. The van der Waals surface area contributed by atoms with Gasteiger partial charge in [-0.1, -0.05) is 0 Å². The molecule has 3 atom stereocenters. The summed E-state index contributed by atoms with van der Waals surface area (Å²) in [4.78, 5) is 6.43. The van der Waals surface area contributed by atoms with Crippen molar-refractivity contribution in [3.05, 3.63) is 48.1 Å². The van der Waals surface area contributed by atoms with E-state index in [1.807, 2.05) is 17.8 Å². The lowest BCUT2D eigenvalue weighted by Crippen LogP contribution is -2.52. The van der Waals surface area contributed by atoms with E-state index in [2.05, 4.69) is 14.6 Å². The Hall–Kier alpha value is -1.84. The second-order valence-corrected chi connectivity index (χ2v) is 9.18. The quantitative estimate of drug-likeness (QED) is 0.838. The summed E-state index contributed by atoms with van der Waals surface area (Å²) in [5, 5.41) is 0. The molecule has 4 rings (SSSR count). The van der Waals surface area contributed by atoms with Crippen LogP contribution in [0.5, 0.6) is 0 Å². The van der Waals surface area contributed by atoms with Crippen molar-refractivity contribution < 1.29 is 17.2 Å². The summed E-state index contributed by atoms with van der Waals surface area (Å²) in [6.45, 7) is 2.31. The van der Waals surface area contributed by atoms with Crippen LogP contribution in [0.3, 0.4) is 0 Å². The second kappa shape index (κ2) is 6.96. The van der Waals surface area contributed by atoms with Crippen molar-refractivity contribution in [2.45, 2.75) is 30.3 Å². The topological polar surface area (TPSA) is 67.2 Å². The average Bonchev–Trinajstić information content (AvgIpc) is 3.10. The molecule has 0 spiro atoms. The van der Waals surface area contributed by atoms with Crippen LogP contribution in [0.2, 0.25) is 0 Å². The molecule has 2 aromatic rings. The summed E-state index contributed by atoms with van der Waals surface area (Å²) < 4.78 is 56.5. The summed E-state index contributed by atoms with van der Waals surface area (Å²) in [6.07, 6.45) is 5.58. The maximum atomic E-state index is 13.4. The van der Waals surface area contributed by atoms with E-state index in [1.165, 1.54) is 0 Å². The Kier molecular flexibility index (Phi) is 4.77. The number of fused-ring (bicyclic) bond motifs is 2. The van der Waals surface area contributed by atoms with E-state index in [0.29, 0.717) is 0 Å². The smallest absolute Gasteiger partial charge is 0.240 e. The Labute approximate surface area is 157 Å². The third kappa shape index (κ3) is 3.63. The molecule has 1 aliphatic carbocycles. The molecule has 1 unspecified atom stereocenters. The van der Waals surface area contributed by atoms with Crippen molar-refractivity contribution in [2.75, 3.05) is 13.1 Å². The highest BCUT2D eigenvalue weighted by atomic mass is 32.2. The van der Waals surface area contributed by atoms with Crippen molar-refractivity contribution in [3.63, 3.8) is 0 Å². The van der Waals surface area contributed by atoms with Gasteiger partial charge in [-0.25, -0.2) is 26.9 Å². The van der Waals surface area contributed by atoms with Crippen LogP contribution in [0, 0.1) is 23.5 Å². The SMILES string of the molecule is Cn1ccnc1CN1C[C@H]2CC[C@@H](C1)C2NS(=O)(=O)c1ccc(F)c(F)c1. The fourth-order valence-electron chi connectivity index (χ4n) is 4.28. The monoisotopic (exact) mass is 396 g/mol. The first-order chi connectivity index (χ1) is 12.8. The van der Waals surface area contributed by atoms with Crippen molar-refractivity contribution in [1.29, 1.82) is 0 Å². The van der Waals surface area contributed by atoms with Gasteiger partial charge in [-0.3, -0.25) is 4.90 Å². The number of aryl methyl sites for hydroxylation is 1. The van der Waals surface area contributed by atoms with E-state index < -0.39 is 21.7 Å². The van der Waals surface area contributed by atoms with Gasteiger partial charge in [0, 0.05) is 38.6 Å². The number of rotatable bonds is 5. The zero-order valence-electron chi connectivity index (χ0n) is 15.0. The predicted octanol–water partition coefficient (Wildman–Crippen LogP) is 1.89. The van der Waals surface area contributed by atoms with E-state index in [4.69, 9.17) is 0 Å². The molecule has 6 nitrogen and oxygen atoms in total. The molecule has 2 fully saturated rings. The summed E-state index contributed by atoms with van der Waals surface area (Å²) in [7, 11) is -1.93. The number of nitrogens with zero attached hydrogens (tertiary/aromatic N) is 3. The highest BCUT2D eigenvalue weighted by molar-refractivity contribution is 7.89. The third-order valence-electron chi connectivity index (χ3n) is 5.69. The highest BCUT2D eigenvalue weighted by Gasteiger charge is 2.44. The van der Waals surface area contributed by atoms with Crippen LogP contribution in [0.1, 0.15) is 18.7 Å². The van der Waals surface area contributed by atoms with Gasteiger partial charge in [-0.05, 0) is 42.9 Å². The lowest BCUT2D eigenvalue weighted by molar-refractivity contribution is 0.130. The first-order valence-electron chi connectivity index (χ1n) is 8.99. The molecule has 2 bridgehead atoms. The Morgan fingerprint density at radius 1 is 1.19 bits per heavy atom. The molecule has 1 saturated heterocycles. The van der Waals surface area contributed by atoms with Crippen LogP contribution >= 0.6 is 0 Å². The largest absolute Gasteiger partial charge is 0.337 e. The average molecular weight is 396 g/mol. The lowest BCUT2D eigenvalue weighted by atomic mass is 9.93. The van der Waals surface area contributed by atoms with Crippen LogP contribution in [0.15, 0.2) is 35.5 Å². The number of imidazole rings is 1. The zero-order valence-corrected chi connectivity index (χ0v) is 15.8. The van der Waals surface area contributed by atoms with Crippen molar-refractivity contribution in [3.8, 4) is 0 Å². The van der Waals surface area contributed by atoms with Gasteiger partial charge in [0.1, 0.15) is 5.82 Å². The molecule has 27 heavy (non-hydrogen) atoms. The number of aromatic nitrogens is 2. The molecule has 2 aliphatic rings. The highest BCUT2D eigenvalue weighted by Crippen LogP contribution is 2.38. The van der Waals surface area contributed by atoms with Crippen molar-refractivity contribution >= 4 is 10.0 Å². The number of likely N-dealkylation sites (tertiary alicyclic amines) is 1. The van der Waals surface area contributed by atoms with Crippen molar-refractivity contribution in [1.82, 2.24) is 19.2 Å². The fraction of sp³-hybridized carbons (Fsp3) is 0.500. The number of benzene rings is 1. The minimum atomic E-state index is -3.89. The van der Waals surface area contributed by atoms with Crippen LogP contribution in [0.4, 0.5) is 8.78 Å². The molecule has 0 amide bonds. The molecule has 1 saturated carbocycles. The standard InChI is InChI=1S/C18H22F2N4O2S/c1-23-7-6-21-17(23)11-24-9-12-2-3-13(10-24)18(12)22-27(25,26)14-4-5-15(19)16(20)8-14/h4-8,12-13,18,22H,2-3,9-11H2,1H3/t12-,13+,18?. The minimum absolute atomic E-state index is 0.180. The maximum Gasteiger partial charge on any atom is 0.240 e. The first-order valence-corrected chi connectivity index (χ1v) is 10.5. The van der Waals surface area contributed by atoms with Gasteiger partial charge in [0.15, 0.2) is 11.6 Å². The molecular formula is C18H22F2N4O2S. The van der Waals surface area contributed by atoms with Gasteiger partial charge in [0.2, 0.25) is 10.0 Å². The molecule has 1 aromatic heterocycles. The molecule has 1 aromatic carbocycles. The van der Waals surface area contributed by atoms with Gasteiger partial charge >= 0.3 is 0 Å². The fourth-order valence-corrected chi connectivity index (χ4v) is 5.67. The van der Waals surface area contributed by atoms with Gasteiger partial charge in [0.05, 0.1) is 11.4 Å². The molecule has 2 heterocycles.